The molecule has 1 aromatic rings. The molecule has 0 bridgehead atoms. The van der Waals surface area contributed by atoms with Crippen LogP contribution in [0.4, 0.5) is 0 Å². The first-order valence-electron chi connectivity index (χ1n) is 6.31. The van der Waals surface area contributed by atoms with Crippen LogP contribution in [0.2, 0.25) is 6.04 Å². The number of rotatable bonds is 9. The maximum absolute atomic E-state index is 5.67. The lowest BCUT2D eigenvalue weighted by Crippen LogP contribution is -2.51. The van der Waals surface area contributed by atoms with Gasteiger partial charge in [0.2, 0.25) is 0 Å². The average Bonchev–Trinajstić information content (AvgIpc) is 2.44. The van der Waals surface area contributed by atoms with E-state index >= 15 is 0 Å². The number of nitrogens with one attached hydrogen (secondary N) is 1. The van der Waals surface area contributed by atoms with Gasteiger partial charge in [0.05, 0.1) is 0 Å². The van der Waals surface area contributed by atoms with E-state index in [0.29, 0.717) is 6.54 Å². The molecule has 0 aromatic heterocycles. The van der Waals surface area contributed by atoms with Crippen molar-refractivity contribution in [2.45, 2.75) is 12.5 Å². The van der Waals surface area contributed by atoms with Gasteiger partial charge in [0, 0.05) is 33.5 Å². The third-order valence-corrected chi connectivity index (χ3v) is 6.39. The van der Waals surface area contributed by atoms with Crippen molar-refractivity contribution in [2.24, 2.45) is 5.73 Å². The minimum Gasteiger partial charge on any atom is -0.397 e. The lowest BCUT2D eigenvalue weighted by molar-refractivity contribution is 0.239. The minimum absolute atomic E-state index is 0.636. The molecular formula is C13H24N2O2Si. The molecule has 3 N–H and O–H groups in total. The highest BCUT2D eigenvalue weighted by Crippen LogP contribution is 2.15. The Bertz CT molecular complexity index is 318. The number of benzene rings is 1. The van der Waals surface area contributed by atoms with E-state index in [1.54, 1.807) is 14.2 Å². The van der Waals surface area contributed by atoms with Gasteiger partial charge >= 0.3 is 8.56 Å². The first-order chi connectivity index (χ1) is 8.76. The van der Waals surface area contributed by atoms with Gasteiger partial charge in [0.25, 0.3) is 0 Å². The summed E-state index contributed by atoms with van der Waals surface area (Å²) >= 11 is 0. The molecule has 4 nitrogen and oxygen atoms in total. The fourth-order valence-corrected chi connectivity index (χ4v) is 4.15. The van der Waals surface area contributed by atoms with E-state index in [9.17, 15) is 0 Å². The topological polar surface area (TPSA) is 56.5 Å². The van der Waals surface area contributed by atoms with Crippen LogP contribution >= 0.6 is 0 Å². The predicted octanol–water partition coefficient (Wildman–Crippen LogP) is 1.05. The van der Waals surface area contributed by atoms with Crippen LogP contribution in [-0.4, -0.2) is 42.0 Å². The van der Waals surface area contributed by atoms with Gasteiger partial charge < -0.3 is 19.9 Å². The van der Waals surface area contributed by atoms with E-state index < -0.39 is 8.56 Å². The third kappa shape index (κ3) is 4.87. The molecule has 0 amide bonds. The number of hydrogen-bond acceptors (Lipinski definition) is 4. The monoisotopic (exact) mass is 268 g/mol. The maximum Gasteiger partial charge on any atom is 0.352 e. The highest BCUT2D eigenvalue weighted by Gasteiger charge is 2.34. The van der Waals surface area contributed by atoms with Gasteiger partial charge in [0.1, 0.15) is 0 Å². The van der Waals surface area contributed by atoms with Gasteiger partial charge in [0.15, 0.2) is 0 Å². The van der Waals surface area contributed by atoms with E-state index in [0.717, 1.165) is 25.2 Å². The van der Waals surface area contributed by atoms with Gasteiger partial charge in [-0.15, -0.1) is 0 Å². The van der Waals surface area contributed by atoms with Gasteiger partial charge in [-0.05, 0) is 18.0 Å². The van der Waals surface area contributed by atoms with Crippen LogP contribution in [0.1, 0.15) is 5.56 Å². The largest absolute Gasteiger partial charge is 0.397 e. The summed E-state index contributed by atoms with van der Waals surface area (Å²) in [5.74, 6) is 0. The first-order valence-corrected chi connectivity index (χ1v) is 8.54. The van der Waals surface area contributed by atoms with Crippen molar-refractivity contribution < 1.29 is 8.85 Å². The minimum atomic E-state index is -2.13. The van der Waals surface area contributed by atoms with Crippen molar-refractivity contribution >= 4 is 8.56 Å². The zero-order chi connectivity index (χ0) is 13.3. The van der Waals surface area contributed by atoms with E-state index in [2.05, 4.69) is 29.6 Å². The molecule has 18 heavy (non-hydrogen) atoms. The van der Waals surface area contributed by atoms with Crippen molar-refractivity contribution in [1.29, 1.82) is 0 Å². The lowest BCUT2D eigenvalue weighted by atomic mass is 10.2. The molecule has 0 heterocycles. The summed E-state index contributed by atoms with van der Waals surface area (Å²) in [5, 5.41) is 3.30. The van der Waals surface area contributed by atoms with Crippen molar-refractivity contribution in [2.75, 3.05) is 33.5 Å². The van der Waals surface area contributed by atoms with Gasteiger partial charge in [-0.1, -0.05) is 30.3 Å². The Hall–Kier alpha value is -0.723. The molecule has 0 atom stereocenters. The van der Waals surface area contributed by atoms with E-state index in [1.165, 1.54) is 5.56 Å². The fourth-order valence-electron chi connectivity index (χ4n) is 1.88. The predicted molar refractivity (Wildman–Crippen MR) is 76.6 cm³/mol. The van der Waals surface area contributed by atoms with Crippen LogP contribution in [0, 0.1) is 0 Å². The molecule has 0 aliphatic rings. The highest BCUT2D eigenvalue weighted by molar-refractivity contribution is 6.67. The molecule has 0 aliphatic carbocycles. The van der Waals surface area contributed by atoms with Crippen molar-refractivity contribution in [3.63, 3.8) is 0 Å². The van der Waals surface area contributed by atoms with Crippen molar-refractivity contribution in [1.82, 2.24) is 5.32 Å². The second-order valence-corrected chi connectivity index (χ2v) is 7.76. The van der Waals surface area contributed by atoms with E-state index in [1.807, 2.05) is 6.07 Å². The molecule has 5 heteroatoms. The Morgan fingerprint density at radius 3 is 2.39 bits per heavy atom. The molecule has 1 rings (SSSR count). The maximum atomic E-state index is 5.67. The molecule has 1 aromatic carbocycles. The summed E-state index contributed by atoms with van der Waals surface area (Å²) in [6.45, 7) is 1.43. The standard InChI is InChI=1S/C13H24N2O2Si/c1-16-18(17-2,12-15-10-9-14)11-8-13-6-4-3-5-7-13/h3-7,15H,8-12,14H2,1-2H3. The Labute approximate surface area is 111 Å². The molecule has 102 valence electrons. The molecule has 0 saturated heterocycles. The zero-order valence-corrected chi connectivity index (χ0v) is 12.3. The van der Waals surface area contributed by atoms with Crippen LogP contribution in [0.5, 0.6) is 0 Å². The fraction of sp³-hybridized carbons (Fsp3) is 0.538. The summed E-state index contributed by atoms with van der Waals surface area (Å²) in [4.78, 5) is 0. The van der Waals surface area contributed by atoms with Crippen LogP contribution in [0.15, 0.2) is 30.3 Å². The number of hydrogen-bond donors (Lipinski definition) is 2. The van der Waals surface area contributed by atoms with Crippen molar-refractivity contribution in [3.05, 3.63) is 35.9 Å². The van der Waals surface area contributed by atoms with Crippen molar-refractivity contribution in [3.8, 4) is 0 Å². The molecule has 0 fully saturated rings. The second-order valence-electron chi connectivity index (χ2n) is 4.27. The third-order valence-electron chi connectivity index (χ3n) is 3.10. The molecule has 0 aliphatic heterocycles. The number of aryl methyl sites for hydroxylation is 1. The lowest BCUT2D eigenvalue weighted by Gasteiger charge is -2.27. The van der Waals surface area contributed by atoms with E-state index in [4.69, 9.17) is 14.6 Å². The highest BCUT2D eigenvalue weighted by atomic mass is 28.4. The molecule has 0 unspecified atom stereocenters. The Balaban J connectivity index is 2.50. The first kappa shape index (κ1) is 15.3. The molecule has 0 spiro atoms. The summed E-state index contributed by atoms with van der Waals surface area (Å²) in [7, 11) is 1.35. The SMILES string of the molecule is CO[Si](CCc1ccccc1)(CNCCN)OC. The Kier molecular flexibility index (Phi) is 7.15. The summed E-state index contributed by atoms with van der Waals surface area (Å²) in [6.07, 6.45) is 1.77. The van der Waals surface area contributed by atoms with Gasteiger partial charge in [-0.2, -0.15) is 0 Å². The molecule has 0 saturated carbocycles. The summed E-state index contributed by atoms with van der Waals surface area (Å²) in [6, 6.07) is 11.4. The summed E-state index contributed by atoms with van der Waals surface area (Å²) < 4.78 is 11.3. The van der Waals surface area contributed by atoms with Crippen LogP contribution < -0.4 is 11.1 Å². The molecular weight excluding hydrogens is 244 g/mol. The van der Waals surface area contributed by atoms with E-state index in [-0.39, 0.29) is 0 Å². The normalized spacial score (nSPS) is 11.7. The average molecular weight is 268 g/mol. The van der Waals surface area contributed by atoms with Gasteiger partial charge in [-0.3, -0.25) is 0 Å². The Morgan fingerprint density at radius 1 is 1.17 bits per heavy atom. The quantitative estimate of drug-likeness (QED) is 0.519. The number of nitrogens with two attached hydrogens (primary N) is 1. The van der Waals surface area contributed by atoms with Crippen LogP contribution in [-0.2, 0) is 15.3 Å². The Morgan fingerprint density at radius 2 is 1.83 bits per heavy atom. The second kappa shape index (κ2) is 8.39. The zero-order valence-electron chi connectivity index (χ0n) is 11.3. The smallest absolute Gasteiger partial charge is 0.352 e. The van der Waals surface area contributed by atoms with Crippen LogP contribution in [0.3, 0.4) is 0 Å². The van der Waals surface area contributed by atoms with Crippen LogP contribution in [0.25, 0.3) is 0 Å². The summed E-state index contributed by atoms with van der Waals surface area (Å²) in [5.41, 5.74) is 6.80. The van der Waals surface area contributed by atoms with Gasteiger partial charge in [-0.25, -0.2) is 0 Å². The molecule has 0 radical (unpaired) electrons.